The second-order valence-electron chi connectivity index (χ2n) is 4.20. The summed E-state index contributed by atoms with van der Waals surface area (Å²) < 4.78 is 13.9. The Hall–Kier alpha value is -1.43. The van der Waals surface area contributed by atoms with E-state index in [0.717, 1.165) is 0 Å². The van der Waals surface area contributed by atoms with Gasteiger partial charge in [0.2, 0.25) is 5.91 Å². The second-order valence-corrected chi connectivity index (χ2v) is 5.05. The summed E-state index contributed by atoms with van der Waals surface area (Å²) >= 11 is 2.99. The van der Waals surface area contributed by atoms with Gasteiger partial charge in [0.25, 0.3) is 5.91 Å². The summed E-state index contributed by atoms with van der Waals surface area (Å²) in [5.41, 5.74) is 5.05. The summed E-state index contributed by atoms with van der Waals surface area (Å²) in [4.78, 5) is 23.0. The van der Waals surface area contributed by atoms with Crippen LogP contribution >= 0.6 is 15.9 Å². The number of hydrogen-bond acceptors (Lipinski definition) is 2. The van der Waals surface area contributed by atoms with Crippen LogP contribution in [-0.4, -0.2) is 17.9 Å². The number of benzene rings is 1. The average Bonchev–Trinajstić information content (AvgIpc) is 2.28. The van der Waals surface area contributed by atoms with E-state index in [2.05, 4.69) is 21.2 Å². The second kappa shape index (κ2) is 5.95. The summed E-state index contributed by atoms with van der Waals surface area (Å²) in [5.74, 6) is -2.14. The fourth-order valence-corrected chi connectivity index (χ4v) is 1.83. The van der Waals surface area contributed by atoms with Gasteiger partial charge in [0, 0.05) is 0 Å². The van der Waals surface area contributed by atoms with Crippen molar-refractivity contribution in [2.45, 2.75) is 19.9 Å². The first kappa shape index (κ1) is 14.6. The number of halogens is 2. The summed E-state index contributed by atoms with van der Waals surface area (Å²) in [5, 5.41) is 2.43. The Morgan fingerprint density at radius 2 is 2.00 bits per heavy atom. The maximum Gasteiger partial charge on any atom is 0.254 e. The van der Waals surface area contributed by atoms with Crippen LogP contribution in [0.4, 0.5) is 4.39 Å². The Labute approximate surface area is 113 Å². The Morgan fingerprint density at radius 3 is 2.50 bits per heavy atom. The van der Waals surface area contributed by atoms with Crippen molar-refractivity contribution in [1.29, 1.82) is 0 Å². The standard InChI is InChI=1S/C12H14BrFN2O2/c1-6(2)10(11(15)17)16-12(18)7-4-3-5-8(13)9(7)14/h3-6,10H,1-2H3,(H2,15,17)(H,16,18). The van der Waals surface area contributed by atoms with Crippen molar-refractivity contribution in [3.63, 3.8) is 0 Å². The van der Waals surface area contributed by atoms with Crippen molar-refractivity contribution in [2.24, 2.45) is 11.7 Å². The van der Waals surface area contributed by atoms with Gasteiger partial charge in [0.15, 0.2) is 0 Å². The van der Waals surface area contributed by atoms with Crippen LogP contribution in [0.3, 0.4) is 0 Å². The van der Waals surface area contributed by atoms with Crippen molar-refractivity contribution in [3.8, 4) is 0 Å². The van der Waals surface area contributed by atoms with Crippen LogP contribution in [-0.2, 0) is 4.79 Å². The fraction of sp³-hybridized carbons (Fsp3) is 0.333. The molecule has 2 amide bonds. The van der Waals surface area contributed by atoms with Crippen LogP contribution in [0.1, 0.15) is 24.2 Å². The molecule has 6 heteroatoms. The zero-order chi connectivity index (χ0) is 13.9. The minimum atomic E-state index is -0.823. The Balaban J connectivity index is 2.94. The van der Waals surface area contributed by atoms with Crippen molar-refractivity contribution < 1.29 is 14.0 Å². The number of hydrogen-bond donors (Lipinski definition) is 2. The quantitative estimate of drug-likeness (QED) is 0.889. The molecule has 0 bridgehead atoms. The first-order chi connectivity index (χ1) is 8.34. The van der Waals surface area contributed by atoms with Gasteiger partial charge in [0.05, 0.1) is 10.0 Å². The van der Waals surface area contributed by atoms with Crippen LogP contribution in [0.5, 0.6) is 0 Å². The molecule has 1 aromatic rings. The van der Waals surface area contributed by atoms with Gasteiger partial charge in [-0.1, -0.05) is 19.9 Å². The van der Waals surface area contributed by atoms with E-state index in [9.17, 15) is 14.0 Å². The van der Waals surface area contributed by atoms with Crippen molar-refractivity contribution >= 4 is 27.7 Å². The van der Waals surface area contributed by atoms with Gasteiger partial charge in [0.1, 0.15) is 11.9 Å². The predicted octanol–water partition coefficient (Wildman–Crippen LogP) is 1.83. The normalized spacial score (nSPS) is 12.3. The van der Waals surface area contributed by atoms with E-state index in [-0.39, 0.29) is 16.0 Å². The molecule has 1 atom stereocenters. The minimum absolute atomic E-state index is 0.128. The first-order valence-electron chi connectivity index (χ1n) is 5.38. The third-order valence-corrected chi connectivity index (χ3v) is 3.07. The number of carbonyl (C=O) groups is 2. The molecule has 0 spiro atoms. The van der Waals surface area contributed by atoms with E-state index in [1.807, 2.05) is 0 Å². The van der Waals surface area contributed by atoms with Gasteiger partial charge in [-0.05, 0) is 34.0 Å². The SMILES string of the molecule is CC(C)C(NC(=O)c1cccc(Br)c1F)C(N)=O. The highest BCUT2D eigenvalue weighted by molar-refractivity contribution is 9.10. The van der Waals surface area contributed by atoms with Crippen LogP contribution in [0.25, 0.3) is 0 Å². The topological polar surface area (TPSA) is 72.2 Å². The number of nitrogens with one attached hydrogen (secondary N) is 1. The van der Waals surface area contributed by atoms with Gasteiger partial charge in [-0.15, -0.1) is 0 Å². The molecule has 0 fully saturated rings. The summed E-state index contributed by atoms with van der Waals surface area (Å²) in [6.07, 6.45) is 0. The highest BCUT2D eigenvalue weighted by Crippen LogP contribution is 2.18. The van der Waals surface area contributed by atoms with Crippen molar-refractivity contribution in [3.05, 3.63) is 34.1 Å². The molecule has 0 saturated carbocycles. The van der Waals surface area contributed by atoms with Crippen molar-refractivity contribution in [1.82, 2.24) is 5.32 Å². The molecule has 0 aliphatic heterocycles. The van der Waals surface area contributed by atoms with E-state index >= 15 is 0 Å². The molecular weight excluding hydrogens is 303 g/mol. The van der Waals surface area contributed by atoms with Crippen LogP contribution in [0.15, 0.2) is 22.7 Å². The van der Waals surface area contributed by atoms with Gasteiger partial charge >= 0.3 is 0 Å². The lowest BCUT2D eigenvalue weighted by Crippen LogP contribution is -2.47. The summed E-state index contributed by atoms with van der Waals surface area (Å²) in [6, 6.07) is 3.54. The lowest BCUT2D eigenvalue weighted by Gasteiger charge is -2.19. The molecule has 0 saturated heterocycles. The molecule has 0 aromatic heterocycles. The van der Waals surface area contributed by atoms with E-state index in [0.29, 0.717) is 0 Å². The molecule has 1 aromatic carbocycles. The number of rotatable bonds is 4. The zero-order valence-electron chi connectivity index (χ0n) is 10.0. The van der Waals surface area contributed by atoms with Crippen LogP contribution < -0.4 is 11.1 Å². The first-order valence-corrected chi connectivity index (χ1v) is 6.18. The molecule has 4 nitrogen and oxygen atoms in total. The van der Waals surface area contributed by atoms with Gasteiger partial charge in [-0.25, -0.2) is 4.39 Å². The Kier molecular flexibility index (Phi) is 4.84. The van der Waals surface area contributed by atoms with Crippen LogP contribution in [0, 0.1) is 11.7 Å². The summed E-state index contributed by atoms with van der Waals surface area (Å²) in [7, 11) is 0. The lowest BCUT2D eigenvalue weighted by molar-refractivity contribution is -0.120. The number of nitrogens with two attached hydrogens (primary N) is 1. The van der Waals surface area contributed by atoms with Gasteiger partial charge in [-0.3, -0.25) is 9.59 Å². The predicted molar refractivity (Wildman–Crippen MR) is 69.4 cm³/mol. The molecule has 0 radical (unpaired) electrons. The number of primary amides is 1. The third kappa shape index (κ3) is 3.29. The number of amides is 2. The molecule has 98 valence electrons. The highest BCUT2D eigenvalue weighted by atomic mass is 79.9. The Morgan fingerprint density at radius 1 is 1.39 bits per heavy atom. The monoisotopic (exact) mass is 316 g/mol. The van der Waals surface area contributed by atoms with Gasteiger partial charge in [-0.2, -0.15) is 0 Å². The molecule has 1 rings (SSSR count). The van der Waals surface area contributed by atoms with E-state index < -0.39 is 23.7 Å². The lowest BCUT2D eigenvalue weighted by atomic mass is 10.0. The smallest absolute Gasteiger partial charge is 0.254 e. The summed E-state index contributed by atoms with van der Waals surface area (Å²) in [6.45, 7) is 3.49. The maximum absolute atomic E-state index is 13.7. The molecule has 0 aliphatic carbocycles. The molecule has 0 aliphatic rings. The molecule has 1 unspecified atom stereocenters. The molecular formula is C12H14BrFN2O2. The number of carbonyl (C=O) groups excluding carboxylic acids is 2. The average molecular weight is 317 g/mol. The van der Waals surface area contributed by atoms with E-state index in [1.165, 1.54) is 18.2 Å². The fourth-order valence-electron chi connectivity index (χ4n) is 1.46. The Bertz CT molecular complexity index is 477. The van der Waals surface area contributed by atoms with Gasteiger partial charge < -0.3 is 11.1 Å². The van der Waals surface area contributed by atoms with E-state index in [1.54, 1.807) is 13.8 Å². The molecule has 3 N–H and O–H groups in total. The minimum Gasteiger partial charge on any atom is -0.368 e. The van der Waals surface area contributed by atoms with Crippen LogP contribution in [0.2, 0.25) is 0 Å². The third-order valence-electron chi connectivity index (χ3n) is 2.46. The molecule has 18 heavy (non-hydrogen) atoms. The van der Waals surface area contributed by atoms with E-state index in [4.69, 9.17) is 5.73 Å². The highest BCUT2D eigenvalue weighted by Gasteiger charge is 2.23. The maximum atomic E-state index is 13.7. The largest absolute Gasteiger partial charge is 0.368 e. The molecule has 0 heterocycles. The van der Waals surface area contributed by atoms with Crippen molar-refractivity contribution in [2.75, 3.05) is 0 Å². The zero-order valence-corrected chi connectivity index (χ0v) is 11.6.